The summed E-state index contributed by atoms with van der Waals surface area (Å²) >= 11 is 1.43. The number of anilines is 1. The number of aromatic nitrogens is 3. The SMILES string of the molecule is CC[C@@H](C)NC(=O)CSc1nnc(N2CCOCC2)n1Cc1ccccc1. The van der Waals surface area contributed by atoms with E-state index in [2.05, 4.69) is 44.0 Å². The van der Waals surface area contributed by atoms with Crippen molar-refractivity contribution in [1.82, 2.24) is 20.1 Å². The molecule has 1 atom stereocenters. The van der Waals surface area contributed by atoms with Crippen LogP contribution in [0.25, 0.3) is 0 Å². The minimum absolute atomic E-state index is 0.0246. The zero-order valence-electron chi connectivity index (χ0n) is 15.9. The molecule has 1 N–H and O–H groups in total. The average Bonchev–Trinajstić information content (AvgIpc) is 3.10. The Kier molecular flexibility index (Phi) is 7.11. The molecule has 0 unspecified atom stereocenters. The van der Waals surface area contributed by atoms with E-state index < -0.39 is 0 Å². The van der Waals surface area contributed by atoms with Gasteiger partial charge in [-0.1, -0.05) is 49.0 Å². The molecule has 7 nitrogen and oxygen atoms in total. The van der Waals surface area contributed by atoms with E-state index in [1.54, 1.807) is 0 Å². The number of benzene rings is 1. The predicted molar refractivity (Wildman–Crippen MR) is 107 cm³/mol. The second kappa shape index (κ2) is 9.75. The van der Waals surface area contributed by atoms with Gasteiger partial charge >= 0.3 is 0 Å². The number of morpholine rings is 1. The van der Waals surface area contributed by atoms with Crippen LogP contribution in [-0.4, -0.2) is 58.8 Å². The Morgan fingerprint density at radius 2 is 2.00 bits per heavy atom. The topological polar surface area (TPSA) is 72.3 Å². The van der Waals surface area contributed by atoms with Crippen molar-refractivity contribution in [3.63, 3.8) is 0 Å². The number of carbonyl (C=O) groups is 1. The highest BCUT2D eigenvalue weighted by atomic mass is 32.2. The molecule has 0 spiro atoms. The molecule has 1 aromatic heterocycles. The highest BCUT2D eigenvalue weighted by molar-refractivity contribution is 7.99. The van der Waals surface area contributed by atoms with Gasteiger partial charge in [-0.3, -0.25) is 9.36 Å². The Morgan fingerprint density at radius 3 is 2.70 bits per heavy atom. The minimum Gasteiger partial charge on any atom is -0.378 e. The van der Waals surface area contributed by atoms with Gasteiger partial charge in [0.2, 0.25) is 11.9 Å². The van der Waals surface area contributed by atoms with Gasteiger partial charge in [0, 0.05) is 19.1 Å². The number of rotatable bonds is 8. The largest absolute Gasteiger partial charge is 0.378 e. The molecule has 0 aliphatic carbocycles. The molecule has 2 aromatic rings. The molecule has 0 saturated carbocycles. The number of hydrogen-bond acceptors (Lipinski definition) is 6. The number of nitrogens with zero attached hydrogens (tertiary/aromatic N) is 4. The van der Waals surface area contributed by atoms with E-state index in [4.69, 9.17) is 4.74 Å². The van der Waals surface area contributed by atoms with Gasteiger partial charge in [-0.05, 0) is 18.9 Å². The van der Waals surface area contributed by atoms with Gasteiger partial charge in [0.15, 0.2) is 5.16 Å². The summed E-state index contributed by atoms with van der Waals surface area (Å²) < 4.78 is 7.55. The molecule has 1 aromatic carbocycles. The number of hydrogen-bond donors (Lipinski definition) is 1. The maximum absolute atomic E-state index is 12.1. The Bertz CT molecular complexity index is 731. The lowest BCUT2D eigenvalue weighted by Gasteiger charge is -2.28. The van der Waals surface area contributed by atoms with Crippen molar-refractivity contribution >= 4 is 23.6 Å². The first-order chi connectivity index (χ1) is 13.2. The molecular formula is C19H27N5O2S. The van der Waals surface area contributed by atoms with Gasteiger partial charge in [-0.2, -0.15) is 0 Å². The standard InChI is InChI=1S/C19H27N5O2S/c1-3-15(2)20-17(25)14-27-19-22-21-18(23-9-11-26-12-10-23)24(19)13-16-7-5-4-6-8-16/h4-8,15H,3,9-14H2,1-2H3,(H,20,25)/t15-/m1/s1. The van der Waals surface area contributed by atoms with Gasteiger partial charge in [0.1, 0.15) is 0 Å². The zero-order chi connectivity index (χ0) is 19.1. The van der Waals surface area contributed by atoms with Crippen molar-refractivity contribution in [2.45, 2.75) is 38.0 Å². The molecule has 1 amide bonds. The molecule has 27 heavy (non-hydrogen) atoms. The fourth-order valence-corrected chi connectivity index (χ4v) is 3.58. The van der Waals surface area contributed by atoms with Gasteiger partial charge in [0.05, 0.1) is 25.5 Å². The van der Waals surface area contributed by atoms with Crippen molar-refractivity contribution in [2.75, 3.05) is 37.0 Å². The maximum atomic E-state index is 12.1. The third kappa shape index (κ3) is 5.46. The van der Waals surface area contributed by atoms with E-state index in [0.29, 0.717) is 25.5 Å². The second-order valence-corrected chi connectivity index (χ2v) is 7.56. The Labute approximate surface area is 164 Å². The second-order valence-electron chi connectivity index (χ2n) is 6.62. The lowest BCUT2D eigenvalue weighted by Crippen LogP contribution is -2.38. The van der Waals surface area contributed by atoms with Crippen LogP contribution in [0, 0.1) is 0 Å². The van der Waals surface area contributed by atoms with Crippen LogP contribution >= 0.6 is 11.8 Å². The summed E-state index contributed by atoms with van der Waals surface area (Å²) in [6, 6.07) is 10.4. The van der Waals surface area contributed by atoms with Gasteiger partial charge < -0.3 is 15.0 Å². The summed E-state index contributed by atoms with van der Waals surface area (Å²) in [6.07, 6.45) is 0.918. The molecular weight excluding hydrogens is 362 g/mol. The lowest BCUT2D eigenvalue weighted by molar-refractivity contribution is -0.119. The van der Waals surface area contributed by atoms with Crippen LogP contribution in [0.2, 0.25) is 0 Å². The molecule has 1 aliphatic heterocycles. The van der Waals surface area contributed by atoms with E-state index in [0.717, 1.165) is 30.6 Å². The van der Waals surface area contributed by atoms with Gasteiger partial charge in [0.25, 0.3) is 0 Å². The molecule has 146 valence electrons. The third-order valence-corrected chi connectivity index (χ3v) is 5.49. The van der Waals surface area contributed by atoms with Crippen LogP contribution in [-0.2, 0) is 16.1 Å². The van der Waals surface area contributed by atoms with E-state index >= 15 is 0 Å². The molecule has 8 heteroatoms. The summed E-state index contributed by atoms with van der Waals surface area (Å²) in [4.78, 5) is 14.3. The number of carbonyl (C=O) groups excluding carboxylic acids is 1. The number of thioether (sulfide) groups is 1. The van der Waals surface area contributed by atoms with Gasteiger partial charge in [-0.25, -0.2) is 0 Å². The van der Waals surface area contributed by atoms with Crippen LogP contribution in [0.4, 0.5) is 5.95 Å². The minimum atomic E-state index is 0.0246. The van der Waals surface area contributed by atoms with E-state index in [9.17, 15) is 4.79 Å². The molecule has 1 saturated heterocycles. The van der Waals surface area contributed by atoms with Crippen LogP contribution in [0.1, 0.15) is 25.8 Å². The smallest absolute Gasteiger partial charge is 0.230 e. The summed E-state index contributed by atoms with van der Waals surface area (Å²) in [5, 5.41) is 12.6. The third-order valence-electron chi connectivity index (χ3n) is 4.53. The van der Waals surface area contributed by atoms with E-state index in [1.165, 1.54) is 17.3 Å². The predicted octanol–water partition coefficient (Wildman–Crippen LogP) is 2.17. The van der Waals surface area contributed by atoms with Crippen LogP contribution in [0.15, 0.2) is 35.5 Å². The highest BCUT2D eigenvalue weighted by Gasteiger charge is 2.21. The Hall–Kier alpha value is -2.06. The Balaban J connectivity index is 1.76. The monoisotopic (exact) mass is 389 g/mol. The van der Waals surface area contributed by atoms with Crippen LogP contribution in [0.3, 0.4) is 0 Å². The molecule has 0 bridgehead atoms. The first kappa shape index (κ1) is 19.7. The highest BCUT2D eigenvalue weighted by Crippen LogP contribution is 2.24. The number of ether oxygens (including phenoxy) is 1. The first-order valence-electron chi connectivity index (χ1n) is 9.39. The van der Waals surface area contributed by atoms with Crippen molar-refractivity contribution < 1.29 is 9.53 Å². The normalized spacial score (nSPS) is 15.6. The van der Waals surface area contributed by atoms with Crippen LogP contribution in [0.5, 0.6) is 0 Å². The Morgan fingerprint density at radius 1 is 1.26 bits per heavy atom. The fourth-order valence-electron chi connectivity index (χ4n) is 2.84. The summed E-state index contributed by atoms with van der Waals surface area (Å²) in [5.74, 6) is 1.20. The molecule has 2 heterocycles. The van der Waals surface area contributed by atoms with Crippen molar-refractivity contribution in [3.8, 4) is 0 Å². The van der Waals surface area contributed by atoms with Crippen LogP contribution < -0.4 is 10.2 Å². The lowest BCUT2D eigenvalue weighted by atomic mass is 10.2. The first-order valence-corrected chi connectivity index (χ1v) is 10.4. The van der Waals surface area contributed by atoms with Gasteiger partial charge in [-0.15, -0.1) is 10.2 Å². The fraction of sp³-hybridized carbons (Fsp3) is 0.526. The van der Waals surface area contributed by atoms with E-state index in [1.807, 2.05) is 25.1 Å². The summed E-state index contributed by atoms with van der Waals surface area (Å²) in [7, 11) is 0. The summed E-state index contributed by atoms with van der Waals surface area (Å²) in [6.45, 7) is 7.73. The number of nitrogens with one attached hydrogen (secondary N) is 1. The molecule has 1 fully saturated rings. The quantitative estimate of drug-likeness (QED) is 0.698. The maximum Gasteiger partial charge on any atom is 0.230 e. The van der Waals surface area contributed by atoms with Crippen molar-refractivity contribution in [1.29, 1.82) is 0 Å². The van der Waals surface area contributed by atoms with E-state index in [-0.39, 0.29) is 11.9 Å². The average molecular weight is 390 g/mol. The zero-order valence-corrected chi connectivity index (χ0v) is 16.7. The molecule has 1 aliphatic rings. The molecule has 3 rings (SSSR count). The van der Waals surface area contributed by atoms with Crippen molar-refractivity contribution in [2.24, 2.45) is 0 Å². The van der Waals surface area contributed by atoms with Crippen molar-refractivity contribution in [3.05, 3.63) is 35.9 Å². The summed E-state index contributed by atoms with van der Waals surface area (Å²) in [5.41, 5.74) is 1.18. The number of amides is 1. The molecule has 0 radical (unpaired) electrons.